The molecule has 3 aromatic rings. The molecule has 31 heavy (non-hydrogen) atoms. The number of amides is 1. The Hall–Kier alpha value is -3.35. The highest BCUT2D eigenvalue weighted by molar-refractivity contribution is 6.51. The number of pyridine rings is 1. The Morgan fingerprint density at radius 3 is 2.29 bits per heavy atom. The smallest absolute Gasteiger partial charge is 0.300 e. The first kappa shape index (κ1) is 20.9. The molecule has 1 aliphatic rings. The Morgan fingerprint density at radius 2 is 1.65 bits per heavy atom. The molecular weight excluding hydrogens is 439 g/mol. The molecule has 1 saturated heterocycles. The number of methoxy groups -OCH3 is 1. The minimum absolute atomic E-state index is 0.0771. The van der Waals surface area contributed by atoms with E-state index in [1.807, 2.05) is 0 Å². The van der Waals surface area contributed by atoms with E-state index in [-0.39, 0.29) is 16.9 Å². The lowest BCUT2D eigenvalue weighted by molar-refractivity contribution is -0.132. The number of rotatable bonds is 4. The van der Waals surface area contributed by atoms with Gasteiger partial charge in [-0.3, -0.25) is 19.5 Å². The third kappa shape index (κ3) is 3.76. The first-order valence-electron chi connectivity index (χ1n) is 9.22. The van der Waals surface area contributed by atoms with Crippen molar-refractivity contribution >= 4 is 46.3 Å². The van der Waals surface area contributed by atoms with E-state index in [0.29, 0.717) is 27.0 Å². The molecule has 1 atom stereocenters. The fourth-order valence-corrected chi connectivity index (χ4v) is 3.87. The zero-order chi connectivity index (χ0) is 22.1. The van der Waals surface area contributed by atoms with Crippen LogP contribution in [0.4, 0.5) is 5.69 Å². The minimum atomic E-state index is -0.882. The summed E-state index contributed by atoms with van der Waals surface area (Å²) in [4.78, 5) is 31.5. The van der Waals surface area contributed by atoms with Gasteiger partial charge < -0.3 is 9.84 Å². The summed E-state index contributed by atoms with van der Waals surface area (Å²) < 4.78 is 5.32. The van der Waals surface area contributed by atoms with Gasteiger partial charge in [0.1, 0.15) is 11.5 Å². The maximum atomic E-state index is 13.1. The molecule has 1 unspecified atom stereocenters. The van der Waals surface area contributed by atoms with Crippen LogP contribution in [0.5, 0.6) is 5.75 Å². The quantitative estimate of drug-likeness (QED) is 0.340. The van der Waals surface area contributed by atoms with Gasteiger partial charge in [-0.05, 0) is 60.2 Å². The summed E-state index contributed by atoms with van der Waals surface area (Å²) in [5.74, 6) is -1.66. The first-order chi connectivity index (χ1) is 14.9. The van der Waals surface area contributed by atoms with E-state index in [4.69, 9.17) is 27.9 Å². The van der Waals surface area contributed by atoms with E-state index in [2.05, 4.69) is 4.98 Å². The van der Waals surface area contributed by atoms with Crippen molar-refractivity contribution in [3.05, 3.63) is 93.7 Å². The number of benzene rings is 2. The van der Waals surface area contributed by atoms with Gasteiger partial charge in [0.2, 0.25) is 0 Å². The Kier molecular flexibility index (Phi) is 5.67. The van der Waals surface area contributed by atoms with Crippen molar-refractivity contribution in [1.82, 2.24) is 4.98 Å². The number of aromatic nitrogens is 1. The second-order valence-electron chi connectivity index (χ2n) is 6.77. The van der Waals surface area contributed by atoms with Gasteiger partial charge in [0, 0.05) is 28.1 Å². The van der Waals surface area contributed by atoms with Crippen molar-refractivity contribution in [3.63, 3.8) is 0 Å². The number of carbonyl (C=O) groups excluding carboxylic acids is 2. The van der Waals surface area contributed by atoms with Crippen LogP contribution in [0.1, 0.15) is 17.2 Å². The Morgan fingerprint density at radius 1 is 1.00 bits per heavy atom. The molecule has 8 heteroatoms. The van der Waals surface area contributed by atoms with Gasteiger partial charge >= 0.3 is 0 Å². The van der Waals surface area contributed by atoms with E-state index in [9.17, 15) is 14.7 Å². The highest BCUT2D eigenvalue weighted by Gasteiger charge is 2.47. The molecule has 2 heterocycles. The van der Waals surface area contributed by atoms with Crippen LogP contribution in [-0.4, -0.2) is 28.9 Å². The lowest BCUT2D eigenvalue weighted by atomic mass is 9.95. The number of hydrogen-bond donors (Lipinski definition) is 1. The van der Waals surface area contributed by atoms with Crippen LogP contribution in [0, 0.1) is 0 Å². The maximum absolute atomic E-state index is 13.1. The lowest BCUT2D eigenvalue weighted by Crippen LogP contribution is -2.29. The molecule has 1 aromatic heterocycles. The summed E-state index contributed by atoms with van der Waals surface area (Å²) in [6, 6.07) is 13.7. The van der Waals surface area contributed by atoms with Crippen LogP contribution in [-0.2, 0) is 9.59 Å². The summed E-state index contributed by atoms with van der Waals surface area (Å²) >= 11 is 12.1. The number of carbonyl (C=O) groups is 2. The van der Waals surface area contributed by atoms with Crippen molar-refractivity contribution in [1.29, 1.82) is 0 Å². The zero-order valence-electron chi connectivity index (χ0n) is 16.3. The predicted molar refractivity (Wildman–Crippen MR) is 118 cm³/mol. The molecule has 0 bridgehead atoms. The minimum Gasteiger partial charge on any atom is -0.507 e. The number of aliphatic hydroxyl groups excluding tert-OH is 1. The molecule has 1 aliphatic heterocycles. The number of halogens is 2. The van der Waals surface area contributed by atoms with E-state index in [1.54, 1.807) is 60.9 Å². The van der Waals surface area contributed by atoms with Crippen molar-refractivity contribution in [2.45, 2.75) is 6.04 Å². The molecule has 1 N–H and O–H groups in total. The summed E-state index contributed by atoms with van der Waals surface area (Å²) in [6.45, 7) is 0. The molecule has 156 valence electrons. The van der Waals surface area contributed by atoms with Crippen LogP contribution in [0.25, 0.3) is 5.76 Å². The van der Waals surface area contributed by atoms with E-state index in [1.165, 1.54) is 18.1 Å². The molecule has 1 fully saturated rings. The molecule has 0 saturated carbocycles. The summed E-state index contributed by atoms with van der Waals surface area (Å²) in [7, 11) is 1.44. The zero-order valence-corrected chi connectivity index (χ0v) is 17.8. The second-order valence-corrected chi connectivity index (χ2v) is 7.64. The molecule has 4 rings (SSSR count). The number of ether oxygens (including phenoxy) is 1. The van der Waals surface area contributed by atoms with Crippen molar-refractivity contribution < 1.29 is 19.4 Å². The van der Waals surface area contributed by atoms with Crippen LogP contribution < -0.4 is 9.64 Å². The predicted octanol–water partition coefficient (Wildman–Crippen LogP) is 5.02. The number of anilines is 1. The number of Topliss-reactive ketones (excluding diaryl/α,β-unsaturated/α-hetero) is 1. The Bertz CT molecular complexity index is 1190. The lowest BCUT2D eigenvalue weighted by Gasteiger charge is -2.25. The van der Waals surface area contributed by atoms with Crippen LogP contribution in [0.15, 0.2) is 72.6 Å². The van der Waals surface area contributed by atoms with Gasteiger partial charge in [-0.1, -0.05) is 23.2 Å². The SMILES string of the molecule is COc1ccc(Cl)cc1/C(O)=C1\C(=O)C(=O)N(c2ccc(Cl)cc2)C1c1ccncc1. The topological polar surface area (TPSA) is 79.7 Å². The van der Waals surface area contributed by atoms with Gasteiger partial charge in [0.25, 0.3) is 11.7 Å². The molecule has 0 spiro atoms. The molecular formula is C23H16Cl2N2O4. The van der Waals surface area contributed by atoms with E-state index >= 15 is 0 Å². The van der Waals surface area contributed by atoms with Gasteiger partial charge in [0.05, 0.1) is 24.3 Å². The summed E-state index contributed by atoms with van der Waals surface area (Å²) in [5.41, 5.74) is 1.20. The highest BCUT2D eigenvalue weighted by Crippen LogP contribution is 2.43. The van der Waals surface area contributed by atoms with Crippen molar-refractivity contribution in [2.75, 3.05) is 12.0 Å². The summed E-state index contributed by atoms with van der Waals surface area (Å²) in [6.07, 6.45) is 3.11. The van der Waals surface area contributed by atoms with Gasteiger partial charge in [-0.15, -0.1) is 0 Å². The van der Waals surface area contributed by atoms with Gasteiger partial charge in [0.15, 0.2) is 0 Å². The molecule has 6 nitrogen and oxygen atoms in total. The average molecular weight is 455 g/mol. The van der Waals surface area contributed by atoms with Crippen LogP contribution in [0.2, 0.25) is 10.0 Å². The molecule has 0 radical (unpaired) electrons. The third-order valence-corrected chi connectivity index (χ3v) is 5.47. The van der Waals surface area contributed by atoms with Crippen molar-refractivity contribution in [2.24, 2.45) is 0 Å². The standard InChI is InChI=1S/C23H16Cl2N2O4/c1-31-18-7-4-15(25)12-17(18)21(28)19-20(13-8-10-26-11-9-13)27(23(30)22(19)29)16-5-2-14(24)3-6-16/h2-12,20,28H,1H3/b21-19+. The van der Waals surface area contributed by atoms with E-state index in [0.717, 1.165) is 0 Å². The monoisotopic (exact) mass is 454 g/mol. The highest BCUT2D eigenvalue weighted by atomic mass is 35.5. The molecule has 0 aliphatic carbocycles. The Balaban J connectivity index is 1.97. The fourth-order valence-electron chi connectivity index (χ4n) is 3.57. The number of aliphatic hydroxyl groups is 1. The van der Waals surface area contributed by atoms with Crippen molar-refractivity contribution in [3.8, 4) is 5.75 Å². The Labute approximate surface area is 188 Å². The number of hydrogen-bond acceptors (Lipinski definition) is 5. The first-order valence-corrected chi connectivity index (χ1v) is 9.98. The normalized spacial score (nSPS) is 17.8. The number of nitrogens with zero attached hydrogens (tertiary/aromatic N) is 2. The average Bonchev–Trinajstić information content (AvgIpc) is 3.05. The van der Waals surface area contributed by atoms with Crippen LogP contribution >= 0.6 is 23.2 Å². The fraction of sp³-hybridized carbons (Fsp3) is 0.0870. The van der Waals surface area contributed by atoms with Crippen LogP contribution in [0.3, 0.4) is 0 Å². The molecule has 1 amide bonds. The third-order valence-electron chi connectivity index (χ3n) is 4.99. The van der Waals surface area contributed by atoms with Gasteiger partial charge in [-0.25, -0.2) is 0 Å². The molecule has 2 aromatic carbocycles. The van der Waals surface area contributed by atoms with E-state index < -0.39 is 17.7 Å². The van der Waals surface area contributed by atoms with Gasteiger partial charge in [-0.2, -0.15) is 0 Å². The second kappa shape index (κ2) is 8.41. The number of ketones is 1. The summed E-state index contributed by atoms with van der Waals surface area (Å²) in [5, 5.41) is 12.0. The largest absolute Gasteiger partial charge is 0.507 e. The maximum Gasteiger partial charge on any atom is 0.300 e.